The van der Waals surface area contributed by atoms with Crippen molar-refractivity contribution in [1.29, 1.82) is 5.26 Å². The standard InChI is InChI=1S/C13H14N2O5S/c1-8-2-3-9(6-14)4-12(8)21(19,20)15-7-10(16)5-11(15)13(17)18/h2-4,10-11,16H,5,7H2,1H3,(H,17,18)/t10-,11-/m0/s1. The van der Waals surface area contributed by atoms with Crippen LogP contribution in [0.2, 0.25) is 0 Å². The van der Waals surface area contributed by atoms with E-state index in [0.717, 1.165) is 4.31 Å². The van der Waals surface area contributed by atoms with Gasteiger partial charge in [0.05, 0.1) is 22.6 Å². The molecule has 0 radical (unpaired) electrons. The van der Waals surface area contributed by atoms with Crippen molar-refractivity contribution in [3.05, 3.63) is 29.3 Å². The number of hydrogen-bond acceptors (Lipinski definition) is 5. The molecule has 0 aromatic heterocycles. The topological polar surface area (TPSA) is 119 Å². The molecule has 1 saturated heterocycles. The monoisotopic (exact) mass is 310 g/mol. The van der Waals surface area contributed by atoms with Crippen LogP contribution in [0, 0.1) is 18.3 Å². The van der Waals surface area contributed by atoms with E-state index < -0.39 is 28.1 Å². The minimum atomic E-state index is -4.09. The molecular formula is C13H14N2O5S. The largest absolute Gasteiger partial charge is 0.480 e. The van der Waals surface area contributed by atoms with Crippen molar-refractivity contribution in [2.24, 2.45) is 0 Å². The molecule has 0 spiro atoms. The Morgan fingerprint density at radius 2 is 2.14 bits per heavy atom. The van der Waals surface area contributed by atoms with Crippen molar-refractivity contribution in [3.8, 4) is 6.07 Å². The van der Waals surface area contributed by atoms with Crippen molar-refractivity contribution in [2.75, 3.05) is 6.54 Å². The number of carboxylic acids is 1. The first-order valence-corrected chi connectivity index (χ1v) is 7.65. The van der Waals surface area contributed by atoms with E-state index >= 15 is 0 Å². The van der Waals surface area contributed by atoms with Gasteiger partial charge in [0, 0.05) is 13.0 Å². The fraction of sp³-hybridized carbons (Fsp3) is 0.385. The molecule has 8 heteroatoms. The third kappa shape index (κ3) is 2.76. The summed E-state index contributed by atoms with van der Waals surface area (Å²) >= 11 is 0. The molecular weight excluding hydrogens is 296 g/mol. The van der Waals surface area contributed by atoms with Gasteiger partial charge in [0.2, 0.25) is 10.0 Å². The summed E-state index contributed by atoms with van der Waals surface area (Å²) in [7, 11) is -4.09. The molecule has 2 atom stereocenters. The van der Waals surface area contributed by atoms with Crippen LogP contribution in [0.5, 0.6) is 0 Å². The molecule has 2 N–H and O–H groups in total. The van der Waals surface area contributed by atoms with Crippen LogP contribution in [0.1, 0.15) is 17.5 Å². The quantitative estimate of drug-likeness (QED) is 0.816. The Morgan fingerprint density at radius 1 is 1.48 bits per heavy atom. The number of carbonyl (C=O) groups is 1. The molecule has 0 unspecified atom stereocenters. The summed E-state index contributed by atoms with van der Waals surface area (Å²) in [5.41, 5.74) is 0.588. The van der Waals surface area contributed by atoms with Crippen molar-refractivity contribution in [2.45, 2.75) is 30.4 Å². The number of benzene rings is 1. The number of aliphatic hydroxyl groups is 1. The van der Waals surface area contributed by atoms with Gasteiger partial charge in [0.25, 0.3) is 0 Å². The molecule has 1 fully saturated rings. The van der Waals surface area contributed by atoms with Crippen LogP contribution in [0.3, 0.4) is 0 Å². The van der Waals surface area contributed by atoms with E-state index in [1.807, 2.05) is 6.07 Å². The number of carboxylic acid groups (broad SMARTS) is 1. The fourth-order valence-corrected chi connectivity index (χ4v) is 4.23. The smallest absolute Gasteiger partial charge is 0.322 e. The molecule has 0 aliphatic carbocycles. The van der Waals surface area contributed by atoms with E-state index in [0.29, 0.717) is 5.56 Å². The van der Waals surface area contributed by atoms with Gasteiger partial charge in [0.1, 0.15) is 6.04 Å². The lowest BCUT2D eigenvalue weighted by Gasteiger charge is -2.21. The number of hydrogen-bond donors (Lipinski definition) is 2. The molecule has 0 amide bonds. The summed E-state index contributed by atoms with van der Waals surface area (Å²) in [5, 5.41) is 27.6. The molecule has 1 aliphatic rings. The number of β-amino-alcohol motifs (C(OH)–C–C–N with tert-alkyl or cyclic N) is 1. The number of aryl methyl sites for hydroxylation is 1. The van der Waals surface area contributed by atoms with Crippen LogP contribution in [-0.2, 0) is 14.8 Å². The number of rotatable bonds is 3. The molecule has 1 aliphatic heterocycles. The Labute approximate surface area is 122 Å². The third-order valence-corrected chi connectivity index (χ3v) is 5.44. The van der Waals surface area contributed by atoms with Gasteiger partial charge in [-0.2, -0.15) is 9.57 Å². The van der Waals surface area contributed by atoms with Crippen molar-refractivity contribution < 1.29 is 23.4 Å². The number of nitriles is 1. The summed E-state index contributed by atoms with van der Waals surface area (Å²) in [6.07, 6.45) is -1.16. The maximum atomic E-state index is 12.6. The Bertz CT molecular complexity index is 723. The van der Waals surface area contributed by atoms with Crippen molar-refractivity contribution in [3.63, 3.8) is 0 Å². The second-order valence-electron chi connectivity index (χ2n) is 4.91. The SMILES string of the molecule is Cc1ccc(C#N)cc1S(=O)(=O)N1C[C@@H](O)C[C@H]1C(=O)O. The van der Waals surface area contributed by atoms with Crippen LogP contribution in [0.25, 0.3) is 0 Å². The lowest BCUT2D eigenvalue weighted by Crippen LogP contribution is -2.40. The van der Waals surface area contributed by atoms with Gasteiger partial charge in [-0.25, -0.2) is 8.42 Å². The molecule has 1 aromatic rings. The molecule has 0 saturated carbocycles. The van der Waals surface area contributed by atoms with Gasteiger partial charge in [-0.05, 0) is 24.6 Å². The van der Waals surface area contributed by atoms with Crippen LogP contribution in [0.4, 0.5) is 0 Å². The van der Waals surface area contributed by atoms with Crippen molar-refractivity contribution in [1.82, 2.24) is 4.31 Å². The van der Waals surface area contributed by atoms with Gasteiger partial charge in [0.15, 0.2) is 0 Å². The van der Waals surface area contributed by atoms with Crippen LogP contribution >= 0.6 is 0 Å². The van der Waals surface area contributed by atoms with Crippen molar-refractivity contribution >= 4 is 16.0 Å². The molecule has 0 bridgehead atoms. The van der Waals surface area contributed by atoms with Gasteiger partial charge >= 0.3 is 5.97 Å². The van der Waals surface area contributed by atoms with E-state index in [9.17, 15) is 18.3 Å². The lowest BCUT2D eigenvalue weighted by atomic mass is 10.2. The van der Waals surface area contributed by atoms with Crippen LogP contribution < -0.4 is 0 Å². The zero-order chi connectivity index (χ0) is 15.8. The predicted molar refractivity (Wildman–Crippen MR) is 71.8 cm³/mol. The summed E-state index contributed by atoms with van der Waals surface area (Å²) in [5.74, 6) is -1.30. The highest BCUT2D eigenvalue weighted by atomic mass is 32.2. The lowest BCUT2D eigenvalue weighted by molar-refractivity contribution is -0.140. The summed E-state index contributed by atoms with van der Waals surface area (Å²) < 4.78 is 26.0. The molecule has 1 heterocycles. The minimum Gasteiger partial charge on any atom is -0.480 e. The van der Waals surface area contributed by atoms with Gasteiger partial charge < -0.3 is 10.2 Å². The second kappa shape index (κ2) is 5.44. The van der Waals surface area contributed by atoms with E-state index in [2.05, 4.69) is 0 Å². The van der Waals surface area contributed by atoms with E-state index in [1.165, 1.54) is 18.2 Å². The zero-order valence-corrected chi connectivity index (χ0v) is 12.0. The number of sulfonamides is 1. The van der Waals surface area contributed by atoms with Gasteiger partial charge in [-0.15, -0.1) is 0 Å². The third-order valence-electron chi connectivity index (χ3n) is 3.42. The second-order valence-corrected chi connectivity index (χ2v) is 6.77. The van der Waals surface area contributed by atoms with Gasteiger partial charge in [-0.3, -0.25) is 4.79 Å². The maximum absolute atomic E-state index is 12.6. The van der Waals surface area contributed by atoms with Gasteiger partial charge in [-0.1, -0.05) is 6.07 Å². The molecule has 1 aromatic carbocycles. The highest BCUT2D eigenvalue weighted by Crippen LogP contribution is 2.28. The molecule has 2 rings (SSSR count). The Kier molecular flexibility index (Phi) is 4.00. The first-order valence-electron chi connectivity index (χ1n) is 6.21. The first kappa shape index (κ1) is 15.4. The number of aliphatic hydroxyl groups excluding tert-OH is 1. The first-order chi connectivity index (χ1) is 9.77. The van der Waals surface area contributed by atoms with E-state index in [4.69, 9.17) is 10.4 Å². The average Bonchev–Trinajstić information content (AvgIpc) is 2.82. The maximum Gasteiger partial charge on any atom is 0.322 e. The van der Waals surface area contributed by atoms with Crippen LogP contribution in [0.15, 0.2) is 23.1 Å². The highest BCUT2D eigenvalue weighted by molar-refractivity contribution is 7.89. The average molecular weight is 310 g/mol. The number of aliphatic carboxylic acids is 1. The highest BCUT2D eigenvalue weighted by Gasteiger charge is 2.44. The minimum absolute atomic E-state index is 0.109. The van der Waals surface area contributed by atoms with Crippen LogP contribution in [-0.4, -0.2) is 47.6 Å². The molecule has 112 valence electrons. The Hall–Kier alpha value is -1.95. The Balaban J connectivity index is 2.52. The zero-order valence-electron chi connectivity index (χ0n) is 11.2. The Morgan fingerprint density at radius 3 is 2.71 bits per heavy atom. The normalized spacial score (nSPS) is 22.9. The summed E-state index contributed by atoms with van der Waals surface area (Å²) in [4.78, 5) is 11.1. The molecule has 7 nitrogen and oxygen atoms in total. The molecule has 21 heavy (non-hydrogen) atoms. The fourth-order valence-electron chi connectivity index (χ4n) is 2.35. The summed E-state index contributed by atoms with van der Waals surface area (Å²) in [6, 6.07) is 4.75. The summed E-state index contributed by atoms with van der Waals surface area (Å²) in [6.45, 7) is 1.30. The number of nitrogens with zero attached hydrogens (tertiary/aromatic N) is 2. The van der Waals surface area contributed by atoms with E-state index in [-0.39, 0.29) is 23.4 Å². The van der Waals surface area contributed by atoms with E-state index in [1.54, 1.807) is 6.92 Å². The predicted octanol–water partition coefficient (Wildman–Crippen LogP) is 0.0752.